The van der Waals surface area contributed by atoms with E-state index in [-0.39, 0.29) is 17.6 Å². The predicted molar refractivity (Wildman–Crippen MR) is 117 cm³/mol. The molecule has 1 aliphatic heterocycles. The molecule has 7 nitrogen and oxygen atoms in total. The minimum absolute atomic E-state index is 0.0373. The Balaban J connectivity index is 1.45. The van der Waals surface area contributed by atoms with Crippen molar-refractivity contribution < 1.29 is 8.42 Å². The minimum Gasteiger partial charge on any atom is -0.309 e. The van der Waals surface area contributed by atoms with Crippen LogP contribution in [-0.2, 0) is 10.0 Å². The number of nitrogens with one attached hydrogen (secondary N) is 2. The van der Waals surface area contributed by atoms with Gasteiger partial charge in [0.05, 0.1) is 11.4 Å². The number of sulfonamides is 1. The van der Waals surface area contributed by atoms with E-state index in [2.05, 4.69) is 14.6 Å². The molecule has 1 saturated heterocycles. The van der Waals surface area contributed by atoms with Crippen LogP contribution in [0.1, 0.15) is 42.1 Å². The van der Waals surface area contributed by atoms with Crippen LogP contribution in [0.25, 0.3) is 10.2 Å². The van der Waals surface area contributed by atoms with Crippen LogP contribution in [0.5, 0.6) is 0 Å². The van der Waals surface area contributed by atoms with Gasteiger partial charge in [0.15, 0.2) is 0 Å². The van der Waals surface area contributed by atoms with Crippen molar-refractivity contribution >= 4 is 42.9 Å². The van der Waals surface area contributed by atoms with Crippen molar-refractivity contribution in [2.75, 3.05) is 13.1 Å². The first-order valence-electron chi connectivity index (χ1n) is 9.56. The van der Waals surface area contributed by atoms with Gasteiger partial charge >= 0.3 is 0 Å². The zero-order chi connectivity index (χ0) is 20.8. The molecule has 29 heavy (non-hydrogen) atoms. The van der Waals surface area contributed by atoms with Gasteiger partial charge in [-0.3, -0.25) is 9.69 Å². The third-order valence-electron chi connectivity index (χ3n) is 5.61. The lowest BCUT2D eigenvalue weighted by Gasteiger charge is -2.35. The first kappa shape index (κ1) is 20.7. The van der Waals surface area contributed by atoms with Crippen LogP contribution in [0.3, 0.4) is 0 Å². The van der Waals surface area contributed by atoms with E-state index in [1.165, 1.54) is 11.3 Å². The number of hydrogen-bond donors (Lipinski definition) is 2. The largest absolute Gasteiger partial charge is 0.309 e. The van der Waals surface area contributed by atoms with Crippen LogP contribution in [0.15, 0.2) is 26.5 Å². The molecule has 0 amide bonds. The van der Waals surface area contributed by atoms with E-state index in [9.17, 15) is 13.2 Å². The highest BCUT2D eigenvalue weighted by molar-refractivity contribution is 7.91. The van der Waals surface area contributed by atoms with Crippen molar-refractivity contribution in [3.63, 3.8) is 0 Å². The van der Waals surface area contributed by atoms with Gasteiger partial charge in [-0.05, 0) is 50.6 Å². The standard InChI is InChI=1S/C19H24N4O3S3/c1-11-13(3)28-19-16(11)18(24)20-17(21-19)12(2)23-8-6-14(7-9-23)22-29(25,26)15-5-4-10-27-15/h4-5,10,12,14,22H,6-9H2,1-3H3,(H,20,21,24). The third kappa shape index (κ3) is 4.04. The second kappa shape index (κ2) is 7.92. The molecule has 0 aromatic carbocycles. The fraction of sp³-hybridized carbons (Fsp3) is 0.474. The highest BCUT2D eigenvalue weighted by atomic mass is 32.2. The molecule has 3 aromatic rings. The fourth-order valence-electron chi connectivity index (χ4n) is 3.74. The lowest BCUT2D eigenvalue weighted by Crippen LogP contribution is -2.45. The second-order valence-corrected chi connectivity index (χ2v) is 11.5. The molecule has 1 atom stereocenters. The minimum atomic E-state index is -3.45. The van der Waals surface area contributed by atoms with Crippen LogP contribution in [0, 0.1) is 13.8 Å². The van der Waals surface area contributed by atoms with E-state index in [1.54, 1.807) is 28.8 Å². The van der Waals surface area contributed by atoms with Gasteiger partial charge in [0.2, 0.25) is 10.0 Å². The monoisotopic (exact) mass is 452 g/mol. The summed E-state index contributed by atoms with van der Waals surface area (Å²) in [5, 5.41) is 2.45. The van der Waals surface area contributed by atoms with Crippen molar-refractivity contribution in [1.29, 1.82) is 0 Å². The van der Waals surface area contributed by atoms with E-state index in [4.69, 9.17) is 4.98 Å². The average Bonchev–Trinajstić information content (AvgIpc) is 3.31. The van der Waals surface area contributed by atoms with Crippen LogP contribution >= 0.6 is 22.7 Å². The zero-order valence-electron chi connectivity index (χ0n) is 16.6. The van der Waals surface area contributed by atoms with Crippen molar-refractivity contribution in [3.05, 3.63) is 44.1 Å². The lowest BCUT2D eigenvalue weighted by molar-refractivity contribution is 0.154. The molecule has 0 spiro atoms. The maximum absolute atomic E-state index is 12.6. The van der Waals surface area contributed by atoms with Gasteiger partial charge in [0.25, 0.3) is 5.56 Å². The number of aromatic amines is 1. The quantitative estimate of drug-likeness (QED) is 0.620. The van der Waals surface area contributed by atoms with Gasteiger partial charge in [-0.25, -0.2) is 18.1 Å². The van der Waals surface area contributed by atoms with Gasteiger partial charge in [0, 0.05) is 24.0 Å². The van der Waals surface area contributed by atoms with Crippen molar-refractivity contribution in [2.24, 2.45) is 0 Å². The normalized spacial score (nSPS) is 17.8. The maximum atomic E-state index is 12.6. The molecule has 0 radical (unpaired) electrons. The molecule has 0 bridgehead atoms. The summed E-state index contributed by atoms with van der Waals surface area (Å²) in [6.45, 7) is 7.47. The number of aryl methyl sites for hydroxylation is 2. The molecule has 156 valence electrons. The Labute approximate surface area is 177 Å². The Morgan fingerprint density at radius 3 is 2.69 bits per heavy atom. The average molecular weight is 453 g/mol. The predicted octanol–water partition coefficient (Wildman–Crippen LogP) is 3.17. The fourth-order valence-corrected chi connectivity index (χ4v) is 7.09. The topological polar surface area (TPSA) is 95.2 Å². The molecule has 4 rings (SSSR count). The molecular weight excluding hydrogens is 428 g/mol. The highest BCUT2D eigenvalue weighted by Gasteiger charge is 2.28. The molecule has 3 aromatic heterocycles. The van der Waals surface area contributed by atoms with Gasteiger partial charge < -0.3 is 4.98 Å². The van der Waals surface area contributed by atoms with E-state index in [0.29, 0.717) is 15.4 Å². The first-order chi connectivity index (χ1) is 13.8. The van der Waals surface area contributed by atoms with Gasteiger partial charge in [-0.2, -0.15) is 0 Å². The van der Waals surface area contributed by atoms with Gasteiger partial charge in [0.1, 0.15) is 14.9 Å². The molecule has 1 unspecified atom stereocenters. The Morgan fingerprint density at radius 1 is 1.31 bits per heavy atom. The second-order valence-electron chi connectivity index (χ2n) is 7.45. The Morgan fingerprint density at radius 2 is 2.03 bits per heavy atom. The zero-order valence-corrected chi connectivity index (χ0v) is 19.0. The number of hydrogen-bond acceptors (Lipinski definition) is 7. The van der Waals surface area contributed by atoms with Crippen molar-refractivity contribution in [1.82, 2.24) is 19.6 Å². The number of fused-ring (bicyclic) bond motifs is 1. The number of rotatable bonds is 5. The molecule has 2 N–H and O–H groups in total. The Hall–Kier alpha value is -1.59. The van der Waals surface area contributed by atoms with Crippen LogP contribution in [0.2, 0.25) is 0 Å². The molecule has 4 heterocycles. The summed E-state index contributed by atoms with van der Waals surface area (Å²) in [6, 6.07) is 3.24. The lowest BCUT2D eigenvalue weighted by atomic mass is 10.0. The summed E-state index contributed by atoms with van der Waals surface area (Å²) in [6.07, 6.45) is 1.44. The van der Waals surface area contributed by atoms with Gasteiger partial charge in [-0.15, -0.1) is 22.7 Å². The third-order valence-corrected chi connectivity index (χ3v) is 9.63. The summed E-state index contributed by atoms with van der Waals surface area (Å²) >= 11 is 2.78. The Kier molecular flexibility index (Phi) is 5.64. The smallest absolute Gasteiger partial charge is 0.259 e. The van der Waals surface area contributed by atoms with Crippen molar-refractivity contribution in [3.8, 4) is 0 Å². The van der Waals surface area contributed by atoms with Gasteiger partial charge in [-0.1, -0.05) is 6.07 Å². The van der Waals surface area contributed by atoms with E-state index in [0.717, 1.165) is 41.2 Å². The SMILES string of the molecule is Cc1sc2nc(C(C)N3CCC(NS(=O)(=O)c4cccs4)CC3)[nH]c(=O)c2c1C. The van der Waals surface area contributed by atoms with E-state index in [1.807, 2.05) is 20.8 Å². The first-order valence-corrected chi connectivity index (χ1v) is 12.7. The molecule has 0 saturated carbocycles. The number of nitrogens with zero attached hydrogens (tertiary/aromatic N) is 2. The number of piperidine rings is 1. The summed E-state index contributed by atoms with van der Waals surface area (Å²) in [5.74, 6) is 0.668. The molecule has 1 aliphatic rings. The van der Waals surface area contributed by atoms with E-state index < -0.39 is 10.0 Å². The van der Waals surface area contributed by atoms with Crippen LogP contribution < -0.4 is 10.3 Å². The number of aromatic nitrogens is 2. The number of likely N-dealkylation sites (tertiary alicyclic amines) is 1. The molecule has 0 aliphatic carbocycles. The Bertz CT molecular complexity index is 1170. The summed E-state index contributed by atoms with van der Waals surface area (Å²) in [5.41, 5.74) is 0.911. The summed E-state index contributed by atoms with van der Waals surface area (Å²) in [4.78, 5) is 24.4. The molecular formula is C19H24N4O3S3. The van der Waals surface area contributed by atoms with E-state index >= 15 is 0 Å². The van der Waals surface area contributed by atoms with Crippen molar-refractivity contribution in [2.45, 2.75) is 49.9 Å². The molecule has 1 fully saturated rings. The highest BCUT2D eigenvalue weighted by Crippen LogP contribution is 2.28. The van der Waals surface area contributed by atoms with Crippen LogP contribution in [-0.4, -0.2) is 42.4 Å². The number of thiophene rings is 2. The number of H-pyrrole nitrogens is 1. The maximum Gasteiger partial charge on any atom is 0.259 e. The molecule has 10 heteroatoms. The summed E-state index contributed by atoms with van der Waals surface area (Å²) in [7, 11) is -3.45. The van der Waals surface area contributed by atoms with Crippen LogP contribution in [0.4, 0.5) is 0 Å². The summed E-state index contributed by atoms with van der Waals surface area (Å²) < 4.78 is 28.0.